The summed E-state index contributed by atoms with van der Waals surface area (Å²) >= 11 is 3.17. The van der Waals surface area contributed by atoms with Gasteiger partial charge in [0.05, 0.1) is 4.47 Å². The quantitative estimate of drug-likeness (QED) is 0.911. The van der Waals surface area contributed by atoms with E-state index in [0.29, 0.717) is 10.5 Å². The fourth-order valence-corrected chi connectivity index (χ4v) is 2.68. The van der Waals surface area contributed by atoms with Crippen LogP contribution >= 0.6 is 15.9 Å². The summed E-state index contributed by atoms with van der Waals surface area (Å²) in [6, 6.07) is 5.71. The van der Waals surface area contributed by atoms with Crippen molar-refractivity contribution in [2.45, 2.75) is 32.2 Å². The Labute approximate surface area is 117 Å². The molecule has 1 fully saturated rings. The van der Waals surface area contributed by atoms with Gasteiger partial charge >= 0.3 is 0 Å². The molecular formula is C14H20BrFN2. The molecule has 0 amide bonds. The first-order valence-corrected chi connectivity index (χ1v) is 7.42. The highest BCUT2D eigenvalue weighted by molar-refractivity contribution is 9.10. The van der Waals surface area contributed by atoms with Crippen LogP contribution in [0.25, 0.3) is 0 Å². The number of rotatable bonds is 3. The number of halogens is 2. The Bertz CT molecular complexity index is 397. The third-order valence-electron chi connectivity index (χ3n) is 3.56. The zero-order chi connectivity index (χ0) is 13.0. The first kappa shape index (κ1) is 13.8. The molecule has 0 saturated carbocycles. The van der Waals surface area contributed by atoms with E-state index in [9.17, 15) is 4.39 Å². The maximum atomic E-state index is 13.4. The summed E-state index contributed by atoms with van der Waals surface area (Å²) in [7, 11) is 0. The molecule has 1 heterocycles. The Morgan fingerprint density at radius 1 is 1.39 bits per heavy atom. The van der Waals surface area contributed by atoms with Gasteiger partial charge in [0.25, 0.3) is 0 Å². The first-order valence-electron chi connectivity index (χ1n) is 6.63. The van der Waals surface area contributed by atoms with Crippen LogP contribution in [0, 0.1) is 5.82 Å². The van der Waals surface area contributed by atoms with Crippen LogP contribution in [0.1, 0.15) is 26.2 Å². The topological polar surface area (TPSA) is 15.3 Å². The molecule has 2 rings (SSSR count). The van der Waals surface area contributed by atoms with E-state index in [1.165, 1.54) is 13.0 Å². The highest BCUT2D eigenvalue weighted by Gasteiger charge is 2.16. The van der Waals surface area contributed by atoms with Crippen molar-refractivity contribution in [3.8, 4) is 0 Å². The Morgan fingerprint density at radius 2 is 2.22 bits per heavy atom. The van der Waals surface area contributed by atoms with Crippen LogP contribution in [-0.2, 0) is 0 Å². The average Bonchev–Trinajstić information content (AvgIpc) is 2.59. The van der Waals surface area contributed by atoms with Gasteiger partial charge in [-0.05, 0) is 66.5 Å². The molecular weight excluding hydrogens is 295 g/mol. The maximum Gasteiger partial charge on any atom is 0.139 e. The van der Waals surface area contributed by atoms with E-state index in [1.807, 2.05) is 6.07 Å². The van der Waals surface area contributed by atoms with Crippen molar-refractivity contribution in [3.05, 3.63) is 28.5 Å². The summed E-state index contributed by atoms with van der Waals surface area (Å²) in [5, 5.41) is 3.45. The molecule has 1 N–H and O–H groups in total. The van der Waals surface area contributed by atoms with Gasteiger partial charge in [-0.1, -0.05) is 6.92 Å². The number of benzene rings is 1. The molecule has 0 aliphatic carbocycles. The molecule has 2 nitrogen and oxygen atoms in total. The van der Waals surface area contributed by atoms with Crippen molar-refractivity contribution in [1.29, 1.82) is 0 Å². The van der Waals surface area contributed by atoms with Crippen LogP contribution in [0.2, 0.25) is 0 Å². The van der Waals surface area contributed by atoms with Crippen LogP contribution in [0.3, 0.4) is 0 Å². The van der Waals surface area contributed by atoms with Crippen LogP contribution in [0.15, 0.2) is 22.7 Å². The van der Waals surface area contributed by atoms with Gasteiger partial charge in [0.15, 0.2) is 0 Å². The fraction of sp³-hybridized carbons (Fsp3) is 0.571. The SMILES string of the molecule is CCN1CCCC(Nc2ccc(Br)c(F)c2)CC1. The minimum Gasteiger partial charge on any atom is -0.382 e. The van der Waals surface area contributed by atoms with Crippen molar-refractivity contribution in [2.75, 3.05) is 25.0 Å². The number of likely N-dealkylation sites (tertiary alicyclic amines) is 1. The smallest absolute Gasteiger partial charge is 0.139 e. The second-order valence-corrected chi connectivity index (χ2v) is 5.69. The van der Waals surface area contributed by atoms with Gasteiger partial charge in [-0.3, -0.25) is 0 Å². The number of nitrogens with one attached hydrogen (secondary N) is 1. The molecule has 18 heavy (non-hydrogen) atoms. The summed E-state index contributed by atoms with van der Waals surface area (Å²) in [4.78, 5) is 2.48. The molecule has 1 aliphatic heterocycles. The lowest BCUT2D eigenvalue weighted by Gasteiger charge is -2.19. The van der Waals surface area contributed by atoms with Gasteiger partial charge in [-0.2, -0.15) is 0 Å². The van der Waals surface area contributed by atoms with Crippen LogP contribution in [0.5, 0.6) is 0 Å². The molecule has 0 spiro atoms. The van der Waals surface area contributed by atoms with E-state index in [-0.39, 0.29) is 5.82 Å². The minimum atomic E-state index is -0.205. The molecule has 0 bridgehead atoms. The molecule has 0 aromatic heterocycles. The zero-order valence-electron chi connectivity index (χ0n) is 10.8. The van der Waals surface area contributed by atoms with E-state index in [4.69, 9.17) is 0 Å². The Hall–Kier alpha value is -0.610. The second-order valence-electron chi connectivity index (χ2n) is 4.84. The molecule has 1 aromatic rings. The molecule has 100 valence electrons. The molecule has 1 unspecified atom stereocenters. The van der Waals surface area contributed by atoms with Crippen molar-refractivity contribution >= 4 is 21.6 Å². The summed E-state index contributed by atoms with van der Waals surface area (Å²) in [6.07, 6.45) is 3.50. The van der Waals surface area contributed by atoms with E-state index in [0.717, 1.165) is 31.6 Å². The van der Waals surface area contributed by atoms with Gasteiger partial charge in [-0.25, -0.2) is 4.39 Å². The number of hydrogen-bond donors (Lipinski definition) is 1. The van der Waals surface area contributed by atoms with Gasteiger partial charge in [0.1, 0.15) is 5.82 Å². The van der Waals surface area contributed by atoms with Crippen LogP contribution < -0.4 is 5.32 Å². The Kier molecular flexibility index (Phi) is 5.01. The van der Waals surface area contributed by atoms with E-state index < -0.39 is 0 Å². The van der Waals surface area contributed by atoms with E-state index >= 15 is 0 Å². The van der Waals surface area contributed by atoms with Gasteiger partial charge in [-0.15, -0.1) is 0 Å². The summed E-state index contributed by atoms with van der Waals surface area (Å²) in [5.74, 6) is -0.205. The second kappa shape index (κ2) is 6.53. The van der Waals surface area contributed by atoms with Crippen LogP contribution in [-0.4, -0.2) is 30.6 Å². The average molecular weight is 315 g/mol. The third-order valence-corrected chi connectivity index (χ3v) is 4.20. The van der Waals surface area contributed by atoms with Crippen molar-refractivity contribution < 1.29 is 4.39 Å². The molecule has 1 saturated heterocycles. The van der Waals surface area contributed by atoms with Gasteiger partial charge in [0, 0.05) is 18.3 Å². The lowest BCUT2D eigenvalue weighted by molar-refractivity contribution is 0.300. The highest BCUT2D eigenvalue weighted by Crippen LogP contribution is 2.22. The van der Waals surface area contributed by atoms with Crippen LogP contribution in [0.4, 0.5) is 10.1 Å². The number of hydrogen-bond acceptors (Lipinski definition) is 2. The molecule has 1 aliphatic rings. The number of anilines is 1. The lowest BCUT2D eigenvalue weighted by atomic mass is 10.1. The van der Waals surface area contributed by atoms with Crippen molar-refractivity contribution in [3.63, 3.8) is 0 Å². The minimum absolute atomic E-state index is 0.205. The monoisotopic (exact) mass is 314 g/mol. The van der Waals surface area contributed by atoms with Gasteiger partial charge < -0.3 is 10.2 Å². The van der Waals surface area contributed by atoms with Gasteiger partial charge in [0.2, 0.25) is 0 Å². The zero-order valence-corrected chi connectivity index (χ0v) is 12.3. The standard InChI is InChI=1S/C14H20BrFN2/c1-2-18-8-3-4-11(7-9-18)17-12-5-6-13(15)14(16)10-12/h5-6,10-11,17H,2-4,7-9H2,1H3. The molecule has 0 radical (unpaired) electrons. The predicted molar refractivity (Wildman–Crippen MR) is 77.5 cm³/mol. The van der Waals surface area contributed by atoms with Crippen molar-refractivity contribution in [2.24, 2.45) is 0 Å². The summed E-state index contributed by atoms with van der Waals surface area (Å²) < 4.78 is 14.0. The summed E-state index contributed by atoms with van der Waals surface area (Å²) in [5.41, 5.74) is 0.880. The number of nitrogens with zero attached hydrogens (tertiary/aromatic N) is 1. The molecule has 1 atom stereocenters. The normalized spacial score (nSPS) is 21.6. The van der Waals surface area contributed by atoms with E-state index in [1.54, 1.807) is 12.1 Å². The fourth-order valence-electron chi connectivity index (χ4n) is 2.44. The molecule has 4 heteroatoms. The predicted octanol–water partition coefficient (Wildman–Crippen LogP) is 3.87. The Balaban J connectivity index is 1.94. The Morgan fingerprint density at radius 3 is 2.94 bits per heavy atom. The molecule has 1 aromatic carbocycles. The summed E-state index contributed by atoms with van der Waals surface area (Å²) in [6.45, 7) is 5.65. The van der Waals surface area contributed by atoms with Crippen molar-refractivity contribution in [1.82, 2.24) is 4.90 Å². The largest absolute Gasteiger partial charge is 0.382 e. The highest BCUT2D eigenvalue weighted by atomic mass is 79.9. The third kappa shape index (κ3) is 3.69. The lowest BCUT2D eigenvalue weighted by Crippen LogP contribution is -2.26. The van der Waals surface area contributed by atoms with E-state index in [2.05, 4.69) is 33.1 Å². The first-order chi connectivity index (χ1) is 8.69. The maximum absolute atomic E-state index is 13.4.